The van der Waals surface area contributed by atoms with Crippen molar-refractivity contribution in [1.82, 2.24) is 23.8 Å². The van der Waals surface area contributed by atoms with Crippen LogP contribution in [0.5, 0.6) is 0 Å². The van der Waals surface area contributed by atoms with E-state index < -0.39 is 6.10 Å². The normalized spacial score (nSPS) is 22.8. The molecular weight excluding hydrogens is 330 g/mol. The number of likely N-dealkylation sites (N-methyl/N-ethyl adjacent to an activating group) is 1. The Balaban J connectivity index is 1.55. The molecule has 3 atom stereocenters. The number of fused-ring (bicyclic) bond motifs is 1. The lowest BCUT2D eigenvalue weighted by Crippen LogP contribution is -2.43. The van der Waals surface area contributed by atoms with E-state index in [1.54, 1.807) is 24.3 Å². The van der Waals surface area contributed by atoms with Gasteiger partial charge in [-0.1, -0.05) is 6.07 Å². The van der Waals surface area contributed by atoms with Gasteiger partial charge in [0.1, 0.15) is 17.2 Å². The molecule has 0 spiro atoms. The van der Waals surface area contributed by atoms with Crippen molar-refractivity contribution >= 4 is 11.6 Å². The van der Waals surface area contributed by atoms with Crippen LogP contribution in [0.15, 0.2) is 36.9 Å². The maximum Gasteiger partial charge on any atom is 0.274 e. The molecule has 7 heteroatoms. The number of aliphatic hydroxyl groups excluding tert-OH is 1. The Kier molecular flexibility index (Phi) is 4.03. The third-order valence-electron chi connectivity index (χ3n) is 5.40. The van der Waals surface area contributed by atoms with E-state index >= 15 is 0 Å². The average molecular weight is 353 g/mol. The minimum atomic E-state index is -0.629. The van der Waals surface area contributed by atoms with E-state index in [0.29, 0.717) is 5.69 Å². The molecule has 1 amide bonds. The highest BCUT2D eigenvalue weighted by atomic mass is 16.3. The largest absolute Gasteiger partial charge is 0.389 e. The van der Waals surface area contributed by atoms with Gasteiger partial charge in [-0.15, -0.1) is 0 Å². The van der Waals surface area contributed by atoms with Gasteiger partial charge in [-0.05, 0) is 38.3 Å². The summed E-state index contributed by atoms with van der Waals surface area (Å²) in [5, 5.41) is 10.8. The van der Waals surface area contributed by atoms with Gasteiger partial charge in [-0.3, -0.25) is 4.79 Å². The number of imidazole rings is 2. The van der Waals surface area contributed by atoms with E-state index in [-0.39, 0.29) is 18.0 Å². The van der Waals surface area contributed by atoms with Gasteiger partial charge in [0.25, 0.3) is 5.91 Å². The fourth-order valence-corrected chi connectivity index (χ4v) is 3.94. The van der Waals surface area contributed by atoms with Gasteiger partial charge in [-0.2, -0.15) is 0 Å². The predicted octanol–water partition coefficient (Wildman–Crippen LogP) is 1.98. The van der Waals surface area contributed by atoms with Gasteiger partial charge in [0.2, 0.25) is 0 Å². The number of nitrogens with zero attached hydrogens (tertiary/aromatic N) is 5. The maximum atomic E-state index is 12.9. The first-order valence-electron chi connectivity index (χ1n) is 8.85. The Morgan fingerprint density at radius 1 is 1.27 bits per heavy atom. The van der Waals surface area contributed by atoms with Crippen molar-refractivity contribution in [1.29, 1.82) is 0 Å². The molecule has 3 aromatic rings. The summed E-state index contributed by atoms with van der Waals surface area (Å²) in [5.41, 5.74) is 2.24. The summed E-state index contributed by atoms with van der Waals surface area (Å²) in [4.78, 5) is 23.2. The van der Waals surface area contributed by atoms with Crippen LogP contribution < -0.4 is 0 Å². The van der Waals surface area contributed by atoms with Crippen LogP contribution in [0.3, 0.4) is 0 Å². The third kappa shape index (κ3) is 2.68. The smallest absolute Gasteiger partial charge is 0.274 e. The van der Waals surface area contributed by atoms with Gasteiger partial charge < -0.3 is 19.0 Å². The quantitative estimate of drug-likeness (QED) is 0.781. The van der Waals surface area contributed by atoms with Crippen LogP contribution in [0.25, 0.3) is 5.65 Å². The first kappa shape index (κ1) is 16.8. The third-order valence-corrected chi connectivity index (χ3v) is 5.40. The minimum Gasteiger partial charge on any atom is -0.389 e. The van der Waals surface area contributed by atoms with Crippen LogP contribution in [0, 0.1) is 13.8 Å². The molecule has 7 nitrogen and oxygen atoms in total. The first-order chi connectivity index (χ1) is 12.5. The highest BCUT2D eigenvalue weighted by Gasteiger charge is 2.40. The highest BCUT2D eigenvalue weighted by Crippen LogP contribution is 2.34. The van der Waals surface area contributed by atoms with E-state index in [4.69, 9.17) is 0 Å². The molecule has 136 valence electrons. The Morgan fingerprint density at radius 3 is 2.81 bits per heavy atom. The summed E-state index contributed by atoms with van der Waals surface area (Å²) >= 11 is 0. The van der Waals surface area contributed by atoms with Crippen LogP contribution in [0.2, 0.25) is 0 Å². The molecule has 0 saturated heterocycles. The maximum absolute atomic E-state index is 12.9. The SMILES string of the molecule is Cc1ccc2nc(C(=O)N(C)[C@@H]3CC[C@@H](n4ccnc4C)[C@@H]3O)cn2c1. The number of aromatic nitrogens is 4. The molecule has 3 aromatic heterocycles. The van der Waals surface area contributed by atoms with Crippen molar-refractivity contribution in [2.45, 2.75) is 44.9 Å². The summed E-state index contributed by atoms with van der Waals surface area (Å²) in [6, 6.07) is 3.58. The second kappa shape index (κ2) is 6.25. The highest BCUT2D eigenvalue weighted by molar-refractivity contribution is 5.93. The molecule has 1 fully saturated rings. The molecule has 26 heavy (non-hydrogen) atoms. The Hall–Kier alpha value is -2.67. The Morgan fingerprint density at radius 2 is 2.08 bits per heavy atom. The van der Waals surface area contributed by atoms with Crippen LogP contribution >= 0.6 is 0 Å². The molecule has 1 N–H and O–H groups in total. The van der Waals surface area contributed by atoms with E-state index in [9.17, 15) is 9.90 Å². The lowest BCUT2D eigenvalue weighted by atomic mass is 10.1. The molecule has 3 heterocycles. The second-order valence-corrected chi connectivity index (χ2v) is 7.10. The van der Waals surface area contributed by atoms with Gasteiger partial charge in [0.05, 0.1) is 18.2 Å². The molecule has 0 bridgehead atoms. The fraction of sp³-hybridized carbons (Fsp3) is 0.421. The summed E-state index contributed by atoms with van der Waals surface area (Å²) < 4.78 is 3.86. The zero-order valence-corrected chi connectivity index (χ0v) is 15.2. The van der Waals surface area contributed by atoms with Crippen molar-refractivity contribution in [3.63, 3.8) is 0 Å². The summed E-state index contributed by atoms with van der Waals surface area (Å²) in [5.74, 6) is 0.706. The number of carbonyl (C=O) groups is 1. The molecule has 4 rings (SSSR count). The molecule has 0 aromatic carbocycles. The predicted molar refractivity (Wildman–Crippen MR) is 97.1 cm³/mol. The first-order valence-corrected chi connectivity index (χ1v) is 8.85. The number of amides is 1. The molecule has 1 aliphatic rings. The van der Waals surface area contributed by atoms with Gasteiger partial charge >= 0.3 is 0 Å². The van der Waals surface area contributed by atoms with Gasteiger partial charge in [0, 0.05) is 31.8 Å². The van der Waals surface area contributed by atoms with Crippen LogP contribution in [-0.2, 0) is 0 Å². The van der Waals surface area contributed by atoms with E-state index in [1.165, 1.54) is 0 Å². The lowest BCUT2D eigenvalue weighted by Gasteiger charge is -2.28. The summed E-state index contributed by atoms with van der Waals surface area (Å²) in [6.45, 7) is 3.92. The van der Waals surface area contributed by atoms with Gasteiger partial charge in [0.15, 0.2) is 0 Å². The molecule has 1 saturated carbocycles. The number of pyridine rings is 1. The van der Waals surface area contributed by atoms with Crippen molar-refractivity contribution in [2.24, 2.45) is 0 Å². The minimum absolute atomic E-state index is 0.0542. The standard InChI is InChI=1S/C19H23N5O2/c1-12-4-7-17-21-14(11-23(17)10-12)19(26)22(3)15-5-6-16(18(15)25)24-9-8-20-13(24)2/h4,7-11,15-16,18,25H,5-6H2,1-3H3/t15-,16-,18-/m1/s1. The van der Waals surface area contributed by atoms with Crippen molar-refractivity contribution in [3.8, 4) is 0 Å². The average Bonchev–Trinajstić information content (AvgIpc) is 3.31. The molecule has 1 aliphatic carbocycles. The topological polar surface area (TPSA) is 75.7 Å². The van der Waals surface area contributed by atoms with Crippen molar-refractivity contribution in [2.75, 3.05) is 7.05 Å². The van der Waals surface area contributed by atoms with Crippen LogP contribution in [-0.4, -0.2) is 54.0 Å². The van der Waals surface area contributed by atoms with Crippen LogP contribution in [0.1, 0.15) is 40.8 Å². The number of aliphatic hydroxyl groups is 1. The Bertz CT molecular complexity index is 960. The number of hydrogen-bond acceptors (Lipinski definition) is 4. The van der Waals surface area contributed by atoms with Crippen molar-refractivity contribution in [3.05, 3.63) is 54.0 Å². The molecule has 0 radical (unpaired) electrons. The Labute approximate surface area is 151 Å². The fourth-order valence-electron chi connectivity index (χ4n) is 3.94. The molecule has 0 unspecified atom stereocenters. The summed E-state index contributed by atoms with van der Waals surface area (Å²) in [6.07, 6.45) is 8.25. The monoisotopic (exact) mass is 353 g/mol. The van der Waals surface area contributed by atoms with E-state index in [0.717, 1.165) is 29.9 Å². The zero-order valence-electron chi connectivity index (χ0n) is 15.2. The lowest BCUT2D eigenvalue weighted by molar-refractivity contribution is 0.0437. The van der Waals surface area contributed by atoms with E-state index in [1.807, 2.05) is 47.3 Å². The summed E-state index contributed by atoms with van der Waals surface area (Å²) in [7, 11) is 1.74. The number of hydrogen-bond donors (Lipinski definition) is 1. The van der Waals surface area contributed by atoms with Gasteiger partial charge in [-0.25, -0.2) is 9.97 Å². The number of carbonyl (C=O) groups excluding carboxylic acids is 1. The molecular formula is C19H23N5O2. The number of aryl methyl sites for hydroxylation is 2. The number of rotatable bonds is 3. The second-order valence-electron chi connectivity index (χ2n) is 7.10. The van der Waals surface area contributed by atoms with Crippen molar-refractivity contribution < 1.29 is 9.90 Å². The molecule has 0 aliphatic heterocycles. The van der Waals surface area contributed by atoms with E-state index in [2.05, 4.69) is 9.97 Å². The zero-order chi connectivity index (χ0) is 18.4. The van der Waals surface area contributed by atoms with Crippen LogP contribution in [0.4, 0.5) is 0 Å².